The Balaban J connectivity index is 2.16. The average molecular weight is 277 g/mol. The van der Waals surface area contributed by atoms with Crippen LogP contribution in [0.15, 0.2) is 24.3 Å². The van der Waals surface area contributed by atoms with E-state index in [1.54, 1.807) is 7.05 Å². The van der Waals surface area contributed by atoms with Crippen LogP contribution >= 0.6 is 0 Å². The molecule has 1 amide bonds. The molecule has 1 aliphatic heterocycles. The lowest BCUT2D eigenvalue weighted by Gasteiger charge is -2.37. The van der Waals surface area contributed by atoms with Gasteiger partial charge in [-0.1, -0.05) is 12.1 Å². The van der Waals surface area contributed by atoms with Gasteiger partial charge in [-0.2, -0.15) is 0 Å². The van der Waals surface area contributed by atoms with Crippen LogP contribution in [0.3, 0.4) is 0 Å². The van der Waals surface area contributed by atoms with E-state index in [2.05, 4.69) is 29.4 Å². The molecule has 5 heteroatoms. The second-order valence-electron chi connectivity index (χ2n) is 5.26. The summed E-state index contributed by atoms with van der Waals surface area (Å²) in [6, 6.07) is 7.91. The molecule has 0 spiro atoms. The van der Waals surface area contributed by atoms with Crippen LogP contribution in [0.4, 0.5) is 11.4 Å². The summed E-state index contributed by atoms with van der Waals surface area (Å²) in [5.74, 6) is -0.0330. The van der Waals surface area contributed by atoms with Gasteiger partial charge in [0.1, 0.15) is 0 Å². The number of nitrogens with zero attached hydrogens (tertiary/aromatic N) is 1. The van der Waals surface area contributed by atoms with E-state index in [9.17, 15) is 4.79 Å². The molecule has 0 saturated carbocycles. The first kappa shape index (κ1) is 14.8. The Hall–Kier alpha value is -1.59. The first-order chi connectivity index (χ1) is 9.60. The Morgan fingerprint density at radius 3 is 2.60 bits per heavy atom. The van der Waals surface area contributed by atoms with Gasteiger partial charge in [-0.05, 0) is 33.0 Å². The molecular formula is C15H23N3O2. The number of benzene rings is 1. The molecule has 1 heterocycles. The summed E-state index contributed by atoms with van der Waals surface area (Å²) >= 11 is 0. The fourth-order valence-electron chi connectivity index (χ4n) is 2.58. The number of carbonyl (C=O) groups is 1. The zero-order valence-electron chi connectivity index (χ0n) is 12.3. The monoisotopic (exact) mass is 277 g/mol. The second kappa shape index (κ2) is 6.72. The van der Waals surface area contributed by atoms with E-state index >= 15 is 0 Å². The number of hydrogen-bond acceptors (Lipinski definition) is 4. The minimum absolute atomic E-state index is 0.0330. The van der Waals surface area contributed by atoms with Crippen molar-refractivity contribution in [2.45, 2.75) is 26.1 Å². The predicted octanol–water partition coefficient (Wildman–Crippen LogP) is 1.46. The normalized spacial score (nSPS) is 22.6. The third-order valence-electron chi connectivity index (χ3n) is 3.28. The Morgan fingerprint density at radius 2 is 1.95 bits per heavy atom. The zero-order valence-corrected chi connectivity index (χ0v) is 12.3. The van der Waals surface area contributed by atoms with Crippen molar-refractivity contribution < 1.29 is 9.53 Å². The van der Waals surface area contributed by atoms with Gasteiger partial charge >= 0.3 is 0 Å². The Morgan fingerprint density at radius 1 is 1.30 bits per heavy atom. The smallest absolute Gasteiger partial charge is 0.238 e. The van der Waals surface area contributed by atoms with Gasteiger partial charge in [0.2, 0.25) is 5.91 Å². The minimum atomic E-state index is -0.0330. The number of anilines is 2. The second-order valence-corrected chi connectivity index (χ2v) is 5.26. The van der Waals surface area contributed by atoms with Gasteiger partial charge in [0.25, 0.3) is 0 Å². The number of morpholine rings is 1. The summed E-state index contributed by atoms with van der Waals surface area (Å²) < 4.78 is 5.76. The van der Waals surface area contributed by atoms with Crippen molar-refractivity contribution in [1.29, 1.82) is 0 Å². The number of rotatable bonds is 4. The number of hydrogen-bond donors (Lipinski definition) is 2. The molecule has 1 aromatic carbocycles. The topological polar surface area (TPSA) is 53.6 Å². The van der Waals surface area contributed by atoms with E-state index in [1.165, 1.54) is 0 Å². The Kier molecular flexibility index (Phi) is 4.98. The molecule has 1 saturated heterocycles. The molecule has 2 atom stereocenters. The van der Waals surface area contributed by atoms with E-state index in [0.717, 1.165) is 24.5 Å². The Bertz CT molecular complexity index is 454. The lowest BCUT2D eigenvalue weighted by Crippen LogP contribution is -2.45. The number of nitrogens with one attached hydrogen (secondary N) is 2. The van der Waals surface area contributed by atoms with E-state index in [-0.39, 0.29) is 18.1 Å². The van der Waals surface area contributed by atoms with Crippen LogP contribution in [0.2, 0.25) is 0 Å². The first-order valence-electron chi connectivity index (χ1n) is 7.04. The molecule has 1 fully saturated rings. The van der Waals surface area contributed by atoms with Crippen molar-refractivity contribution in [3.8, 4) is 0 Å². The van der Waals surface area contributed by atoms with E-state index in [0.29, 0.717) is 6.54 Å². The zero-order chi connectivity index (χ0) is 14.5. The van der Waals surface area contributed by atoms with Crippen molar-refractivity contribution in [2.75, 3.05) is 36.9 Å². The highest BCUT2D eigenvalue weighted by molar-refractivity contribution is 5.95. The van der Waals surface area contributed by atoms with Gasteiger partial charge in [-0.25, -0.2) is 0 Å². The molecular weight excluding hydrogens is 254 g/mol. The molecule has 110 valence electrons. The van der Waals surface area contributed by atoms with Gasteiger partial charge in [-0.3, -0.25) is 4.79 Å². The number of para-hydroxylation sites is 2. The fraction of sp³-hybridized carbons (Fsp3) is 0.533. The summed E-state index contributed by atoms with van der Waals surface area (Å²) in [6.07, 6.45) is 0.389. The average Bonchev–Trinajstić information content (AvgIpc) is 2.38. The maximum Gasteiger partial charge on any atom is 0.238 e. The fourth-order valence-corrected chi connectivity index (χ4v) is 2.58. The summed E-state index contributed by atoms with van der Waals surface area (Å²) in [5, 5.41) is 5.81. The first-order valence-corrected chi connectivity index (χ1v) is 7.04. The Labute approximate surface area is 120 Å². The third-order valence-corrected chi connectivity index (χ3v) is 3.28. The van der Waals surface area contributed by atoms with Crippen molar-refractivity contribution >= 4 is 17.3 Å². The quantitative estimate of drug-likeness (QED) is 0.875. The van der Waals surface area contributed by atoms with Crippen LogP contribution in [0.1, 0.15) is 13.8 Å². The van der Waals surface area contributed by atoms with Gasteiger partial charge in [0.05, 0.1) is 30.1 Å². The van der Waals surface area contributed by atoms with Crippen molar-refractivity contribution in [1.82, 2.24) is 5.32 Å². The number of likely N-dealkylation sites (N-methyl/N-ethyl adjacent to an activating group) is 1. The van der Waals surface area contributed by atoms with Crippen molar-refractivity contribution in [3.05, 3.63) is 24.3 Å². The molecule has 1 aromatic rings. The van der Waals surface area contributed by atoms with E-state index in [1.807, 2.05) is 24.3 Å². The molecule has 2 unspecified atom stereocenters. The lowest BCUT2D eigenvalue weighted by atomic mass is 10.1. The van der Waals surface area contributed by atoms with Crippen LogP contribution < -0.4 is 15.5 Å². The van der Waals surface area contributed by atoms with Crippen LogP contribution in [-0.2, 0) is 9.53 Å². The van der Waals surface area contributed by atoms with Crippen LogP contribution in [0, 0.1) is 0 Å². The predicted molar refractivity (Wildman–Crippen MR) is 81.2 cm³/mol. The van der Waals surface area contributed by atoms with E-state index in [4.69, 9.17) is 4.74 Å². The highest BCUT2D eigenvalue weighted by atomic mass is 16.5. The highest BCUT2D eigenvalue weighted by Gasteiger charge is 2.24. The summed E-state index contributed by atoms with van der Waals surface area (Å²) in [5.41, 5.74) is 1.91. The molecule has 0 bridgehead atoms. The van der Waals surface area contributed by atoms with Crippen LogP contribution in [-0.4, -0.2) is 44.8 Å². The van der Waals surface area contributed by atoms with E-state index < -0.39 is 0 Å². The lowest BCUT2D eigenvalue weighted by molar-refractivity contribution is -0.115. The molecule has 1 aliphatic rings. The molecule has 2 rings (SSSR count). The van der Waals surface area contributed by atoms with Crippen LogP contribution in [0.25, 0.3) is 0 Å². The molecule has 5 nitrogen and oxygen atoms in total. The minimum Gasteiger partial charge on any atom is -0.372 e. The summed E-state index contributed by atoms with van der Waals surface area (Å²) in [6.45, 7) is 6.13. The SMILES string of the molecule is CNCC(=O)Nc1ccccc1N1CC(C)OC(C)C1. The third kappa shape index (κ3) is 3.71. The van der Waals surface area contributed by atoms with Gasteiger partial charge in [0, 0.05) is 13.1 Å². The molecule has 2 N–H and O–H groups in total. The number of ether oxygens (including phenoxy) is 1. The summed E-state index contributed by atoms with van der Waals surface area (Å²) in [4.78, 5) is 14.0. The van der Waals surface area contributed by atoms with Crippen molar-refractivity contribution in [2.24, 2.45) is 0 Å². The molecule has 0 aromatic heterocycles. The number of amides is 1. The maximum atomic E-state index is 11.8. The number of carbonyl (C=O) groups excluding carboxylic acids is 1. The molecule has 20 heavy (non-hydrogen) atoms. The summed E-state index contributed by atoms with van der Waals surface area (Å²) in [7, 11) is 1.76. The molecule has 0 radical (unpaired) electrons. The standard InChI is InChI=1S/C15H23N3O2/c1-11-9-18(10-12(2)20-11)14-7-5-4-6-13(14)17-15(19)8-16-3/h4-7,11-12,16H,8-10H2,1-3H3,(H,17,19). The molecule has 0 aliphatic carbocycles. The van der Waals surface area contributed by atoms with Crippen LogP contribution in [0.5, 0.6) is 0 Å². The highest BCUT2D eigenvalue weighted by Crippen LogP contribution is 2.28. The largest absolute Gasteiger partial charge is 0.372 e. The van der Waals surface area contributed by atoms with Gasteiger partial charge < -0.3 is 20.3 Å². The van der Waals surface area contributed by atoms with Gasteiger partial charge in [0.15, 0.2) is 0 Å². The van der Waals surface area contributed by atoms with Crippen molar-refractivity contribution in [3.63, 3.8) is 0 Å². The van der Waals surface area contributed by atoms with Gasteiger partial charge in [-0.15, -0.1) is 0 Å². The maximum absolute atomic E-state index is 11.8.